The predicted octanol–water partition coefficient (Wildman–Crippen LogP) is 6.71. The summed E-state index contributed by atoms with van der Waals surface area (Å²) < 4.78 is 0. The Morgan fingerprint density at radius 1 is 0.622 bits per heavy atom. The van der Waals surface area contributed by atoms with Crippen molar-refractivity contribution in [1.82, 2.24) is 0 Å². The van der Waals surface area contributed by atoms with Gasteiger partial charge in [0.1, 0.15) is 0 Å². The van der Waals surface area contributed by atoms with Crippen molar-refractivity contribution >= 4 is 11.9 Å². The minimum absolute atomic E-state index is 0.0991. The molecule has 4 aromatic rings. The van der Waals surface area contributed by atoms with Gasteiger partial charge in [0.2, 0.25) is 0 Å². The molecule has 2 N–H and O–H groups in total. The van der Waals surface area contributed by atoms with Crippen LogP contribution >= 0.6 is 0 Å². The summed E-state index contributed by atoms with van der Waals surface area (Å²) in [5.74, 6) is 3.31. The maximum atomic E-state index is 12.1. The monoisotopic (exact) mass is 484 g/mol. The van der Waals surface area contributed by atoms with E-state index in [1.54, 1.807) is 24.3 Å². The van der Waals surface area contributed by atoms with Crippen LogP contribution in [0, 0.1) is 24.7 Å². The van der Waals surface area contributed by atoms with Crippen LogP contribution in [-0.4, -0.2) is 22.2 Å². The maximum Gasteiger partial charge on any atom is 0.336 e. The Labute approximate surface area is 216 Å². The number of benzene rings is 4. The Morgan fingerprint density at radius 2 is 0.973 bits per heavy atom. The van der Waals surface area contributed by atoms with E-state index in [1.165, 1.54) is 0 Å². The zero-order valence-electron chi connectivity index (χ0n) is 20.4. The van der Waals surface area contributed by atoms with Crippen molar-refractivity contribution in [2.24, 2.45) is 0 Å². The molecule has 0 spiro atoms. The lowest BCUT2D eigenvalue weighted by atomic mass is 9.71. The SMILES string of the molecule is C#Cc1c(C(C)(C)c2ccc(C(=O)O)c(-c3ccccc3)c2C#C)ccc(C(=O)O)c1-c1ccccc1. The number of hydrogen-bond acceptors (Lipinski definition) is 2. The van der Waals surface area contributed by atoms with E-state index in [2.05, 4.69) is 11.8 Å². The Hall–Kier alpha value is -5.06. The fourth-order valence-electron chi connectivity index (χ4n) is 4.86. The highest BCUT2D eigenvalue weighted by molar-refractivity contribution is 6.00. The lowest BCUT2D eigenvalue weighted by Crippen LogP contribution is -2.24. The van der Waals surface area contributed by atoms with Gasteiger partial charge in [-0.3, -0.25) is 0 Å². The van der Waals surface area contributed by atoms with Crippen LogP contribution in [0.15, 0.2) is 84.9 Å². The van der Waals surface area contributed by atoms with E-state index in [0.717, 1.165) is 0 Å². The molecule has 4 rings (SSSR count). The molecular weight excluding hydrogens is 460 g/mol. The zero-order valence-corrected chi connectivity index (χ0v) is 20.4. The lowest BCUT2D eigenvalue weighted by Gasteiger charge is -2.31. The highest BCUT2D eigenvalue weighted by atomic mass is 16.4. The molecule has 4 nitrogen and oxygen atoms in total. The number of hydrogen-bond donors (Lipinski definition) is 2. The summed E-state index contributed by atoms with van der Waals surface area (Å²) in [4.78, 5) is 24.3. The number of aromatic carboxylic acids is 2. The summed E-state index contributed by atoms with van der Waals surface area (Å²) in [7, 11) is 0. The summed E-state index contributed by atoms with van der Waals surface area (Å²) in [5, 5.41) is 19.9. The molecule has 0 aliphatic heterocycles. The largest absolute Gasteiger partial charge is 0.478 e. The van der Waals surface area contributed by atoms with Gasteiger partial charge in [-0.05, 0) is 34.4 Å². The second-order valence-corrected chi connectivity index (χ2v) is 9.08. The predicted molar refractivity (Wildman–Crippen MR) is 146 cm³/mol. The molecule has 0 atom stereocenters. The van der Waals surface area contributed by atoms with Crippen molar-refractivity contribution in [1.29, 1.82) is 0 Å². The third kappa shape index (κ3) is 4.38. The molecule has 4 aromatic carbocycles. The lowest BCUT2D eigenvalue weighted by molar-refractivity contribution is 0.0687. The Kier molecular flexibility index (Phi) is 6.70. The van der Waals surface area contributed by atoms with Gasteiger partial charge in [-0.2, -0.15) is 0 Å². The maximum absolute atomic E-state index is 12.1. The first-order valence-corrected chi connectivity index (χ1v) is 11.6. The van der Waals surface area contributed by atoms with Gasteiger partial charge < -0.3 is 10.2 Å². The van der Waals surface area contributed by atoms with E-state index in [-0.39, 0.29) is 11.1 Å². The normalized spacial score (nSPS) is 10.8. The van der Waals surface area contributed by atoms with E-state index in [0.29, 0.717) is 44.5 Å². The van der Waals surface area contributed by atoms with Crippen LogP contribution in [0.5, 0.6) is 0 Å². The number of rotatable bonds is 6. The van der Waals surface area contributed by atoms with E-state index >= 15 is 0 Å². The first-order valence-electron chi connectivity index (χ1n) is 11.6. The molecule has 0 amide bonds. The average Bonchev–Trinajstić information content (AvgIpc) is 2.91. The zero-order chi connectivity index (χ0) is 26.7. The molecule has 0 bridgehead atoms. The van der Waals surface area contributed by atoms with E-state index in [1.807, 2.05) is 74.5 Å². The van der Waals surface area contributed by atoms with Gasteiger partial charge in [-0.15, -0.1) is 12.8 Å². The van der Waals surface area contributed by atoms with Crippen LogP contribution in [0.4, 0.5) is 0 Å². The molecule has 0 aromatic heterocycles. The van der Waals surface area contributed by atoms with E-state index < -0.39 is 17.4 Å². The fraction of sp³-hybridized carbons (Fsp3) is 0.0909. The quantitative estimate of drug-likeness (QED) is 0.299. The van der Waals surface area contributed by atoms with Gasteiger partial charge in [0.05, 0.1) is 11.1 Å². The standard InChI is InChI=1S/C33H24O4/c1-5-23-27(19-17-25(31(34)35)29(23)21-13-9-7-10-14-21)33(3,4)28-20-18-26(32(36)37)30(24(28)6-2)22-15-11-8-12-16-22/h1-2,7-20H,3-4H3,(H,34,35)(H,36,37). The third-order valence-corrected chi connectivity index (χ3v) is 6.63. The number of carbonyl (C=O) groups is 2. The molecule has 0 unspecified atom stereocenters. The van der Waals surface area contributed by atoms with Crippen molar-refractivity contribution in [2.75, 3.05) is 0 Å². The van der Waals surface area contributed by atoms with Crippen LogP contribution in [0.2, 0.25) is 0 Å². The highest BCUT2D eigenvalue weighted by Gasteiger charge is 2.33. The number of terminal acetylenes is 2. The fourth-order valence-corrected chi connectivity index (χ4v) is 4.86. The van der Waals surface area contributed by atoms with Crippen LogP contribution < -0.4 is 0 Å². The third-order valence-electron chi connectivity index (χ3n) is 6.63. The van der Waals surface area contributed by atoms with Crippen molar-refractivity contribution < 1.29 is 19.8 Å². The summed E-state index contributed by atoms with van der Waals surface area (Å²) >= 11 is 0. The molecule has 0 heterocycles. The second-order valence-electron chi connectivity index (χ2n) is 9.08. The van der Waals surface area contributed by atoms with Crippen LogP contribution in [-0.2, 0) is 5.41 Å². The molecule has 4 heteroatoms. The van der Waals surface area contributed by atoms with E-state index in [4.69, 9.17) is 12.8 Å². The van der Waals surface area contributed by atoms with Gasteiger partial charge in [0, 0.05) is 27.7 Å². The smallest absolute Gasteiger partial charge is 0.336 e. The highest BCUT2D eigenvalue weighted by Crippen LogP contribution is 2.42. The molecule has 0 saturated carbocycles. The molecule has 0 saturated heterocycles. The number of carboxylic acid groups (broad SMARTS) is 2. The molecule has 0 radical (unpaired) electrons. The summed E-state index contributed by atoms with van der Waals surface area (Å²) in [6.07, 6.45) is 12.1. The van der Waals surface area contributed by atoms with Crippen molar-refractivity contribution in [2.45, 2.75) is 19.3 Å². The number of carboxylic acids is 2. The van der Waals surface area contributed by atoms with Crippen LogP contribution in [0.1, 0.15) is 56.8 Å². The van der Waals surface area contributed by atoms with Gasteiger partial charge >= 0.3 is 11.9 Å². The van der Waals surface area contributed by atoms with E-state index in [9.17, 15) is 19.8 Å². The molecule has 0 fully saturated rings. The summed E-state index contributed by atoms with van der Waals surface area (Å²) in [5.41, 5.74) is 3.99. The molecular formula is C33H24O4. The minimum atomic E-state index is -1.08. The molecule has 180 valence electrons. The Morgan fingerprint density at radius 3 is 1.27 bits per heavy atom. The van der Waals surface area contributed by atoms with Crippen LogP contribution in [0.3, 0.4) is 0 Å². The molecule has 0 aliphatic rings. The molecule has 0 aliphatic carbocycles. The van der Waals surface area contributed by atoms with Gasteiger partial charge in [0.25, 0.3) is 0 Å². The second kappa shape index (κ2) is 9.90. The van der Waals surface area contributed by atoms with Crippen LogP contribution in [0.25, 0.3) is 22.3 Å². The van der Waals surface area contributed by atoms with Gasteiger partial charge in [0.15, 0.2) is 0 Å². The molecule has 37 heavy (non-hydrogen) atoms. The van der Waals surface area contributed by atoms with Crippen molar-refractivity contribution in [3.63, 3.8) is 0 Å². The summed E-state index contributed by atoms with van der Waals surface area (Å²) in [6, 6.07) is 24.8. The van der Waals surface area contributed by atoms with Crippen molar-refractivity contribution in [3.05, 3.63) is 118 Å². The Bertz CT molecular complexity index is 1480. The Balaban J connectivity index is 2.06. The topological polar surface area (TPSA) is 74.6 Å². The minimum Gasteiger partial charge on any atom is -0.478 e. The first kappa shape index (κ1) is 25.0. The average molecular weight is 485 g/mol. The first-order chi connectivity index (χ1) is 17.7. The van der Waals surface area contributed by atoms with Gasteiger partial charge in [-0.25, -0.2) is 9.59 Å². The van der Waals surface area contributed by atoms with Gasteiger partial charge in [-0.1, -0.05) is 98.5 Å². The summed E-state index contributed by atoms with van der Waals surface area (Å²) in [6.45, 7) is 3.90. The van der Waals surface area contributed by atoms with Crippen molar-refractivity contribution in [3.8, 4) is 46.9 Å².